The predicted octanol–water partition coefficient (Wildman–Crippen LogP) is 1.33. The first kappa shape index (κ1) is 12.1. The molecule has 0 spiro atoms. The maximum atomic E-state index is 10.6. The van der Waals surface area contributed by atoms with Crippen LogP contribution in [0.15, 0.2) is 24.5 Å². The zero-order chi connectivity index (χ0) is 11.5. The van der Waals surface area contributed by atoms with Gasteiger partial charge < -0.3 is 0 Å². The molecule has 84 valence electrons. The summed E-state index contributed by atoms with van der Waals surface area (Å²) in [5.41, 5.74) is 1.17. The summed E-state index contributed by atoms with van der Waals surface area (Å²) in [6.45, 7) is 4.21. The third-order valence-corrected chi connectivity index (χ3v) is 3.03. The van der Waals surface area contributed by atoms with Gasteiger partial charge in [-0.3, -0.25) is 4.55 Å². The Morgan fingerprint density at radius 2 is 1.93 bits per heavy atom. The van der Waals surface area contributed by atoms with Crippen LogP contribution >= 0.6 is 0 Å². The van der Waals surface area contributed by atoms with E-state index in [-0.39, 0.29) is 0 Å². The van der Waals surface area contributed by atoms with Gasteiger partial charge in [-0.15, -0.1) is 0 Å². The first-order valence-corrected chi connectivity index (χ1v) is 6.47. The Morgan fingerprint density at radius 3 is 2.33 bits per heavy atom. The third-order valence-electron chi connectivity index (χ3n) is 2.41. The van der Waals surface area contributed by atoms with Gasteiger partial charge in [0.25, 0.3) is 5.88 Å². The Morgan fingerprint density at radius 1 is 1.40 bits per heavy atom. The molecule has 0 aliphatic heterocycles. The molecule has 1 rings (SSSR count). The monoisotopic (exact) mass is 230 g/mol. The van der Waals surface area contributed by atoms with E-state index in [0.29, 0.717) is 5.92 Å². The molecular formula is C10H16NO3S+. The van der Waals surface area contributed by atoms with Crippen LogP contribution in [-0.2, 0) is 16.0 Å². The van der Waals surface area contributed by atoms with E-state index in [1.807, 2.05) is 12.1 Å². The fraction of sp³-hybridized carbons (Fsp3) is 0.500. The highest BCUT2D eigenvalue weighted by Crippen LogP contribution is 2.16. The molecule has 0 fully saturated rings. The Kier molecular flexibility index (Phi) is 3.82. The van der Waals surface area contributed by atoms with Crippen LogP contribution in [0.1, 0.15) is 31.7 Å². The smallest absolute Gasteiger partial charge is 0.281 e. The molecule has 1 aromatic heterocycles. The second-order valence-corrected chi connectivity index (χ2v) is 5.09. The van der Waals surface area contributed by atoms with Crippen molar-refractivity contribution >= 4 is 10.1 Å². The normalized spacial score (nSPS) is 13.8. The van der Waals surface area contributed by atoms with Gasteiger partial charge in [-0.1, -0.05) is 13.8 Å². The summed E-state index contributed by atoms with van der Waals surface area (Å²) in [6, 6.07) is 3.75. The summed E-state index contributed by atoms with van der Waals surface area (Å²) in [6.07, 6.45) is 4.37. The summed E-state index contributed by atoms with van der Waals surface area (Å²) in [5.74, 6) is 0.0683. The number of aromatic nitrogens is 1. The van der Waals surface area contributed by atoms with Crippen LogP contribution in [0.2, 0.25) is 0 Å². The maximum Gasteiger partial charge on any atom is 0.326 e. The first-order chi connectivity index (χ1) is 6.92. The first-order valence-electron chi connectivity index (χ1n) is 4.86. The molecule has 1 N–H and O–H groups in total. The third kappa shape index (κ3) is 3.97. The highest BCUT2D eigenvalue weighted by atomic mass is 32.2. The van der Waals surface area contributed by atoms with Crippen LogP contribution < -0.4 is 4.57 Å². The zero-order valence-corrected chi connectivity index (χ0v) is 9.74. The SMILES string of the molecule is CCC(C)c1cc[n+](CS(=O)(=O)O)cc1. The number of hydrogen-bond acceptors (Lipinski definition) is 2. The molecule has 15 heavy (non-hydrogen) atoms. The van der Waals surface area contributed by atoms with E-state index in [9.17, 15) is 8.42 Å². The lowest BCUT2D eigenvalue weighted by atomic mass is 10.0. The van der Waals surface area contributed by atoms with Crippen LogP contribution in [-0.4, -0.2) is 13.0 Å². The molecule has 5 heteroatoms. The average Bonchev–Trinajstić information content (AvgIpc) is 2.15. The van der Waals surface area contributed by atoms with Crippen molar-refractivity contribution in [2.75, 3.05) is 0 Å². The van der Waals surface area contributed by atoms with Crippen LogP contribution in [0.3, 0.4) is 0 Å². The molecule has 0 aromatic carbocycles. The molecule has 0 radical (unpaired) electrons. The summed E-state index contributed by atoms with van der Waals surface area (Å²) in [5, 5.41) is 0. The Hall–Kier alpha value is -0.940. The number of pyridine rings is 1. The van der Waals surface area contributed by atoms with Gasteiger partial charge in [0, 0.05) is 12.1 Å². The number of nitrogens with zero attached hydrogens (tertiary/aromatic N) is 1. The van der Waals surface area contributed by atoms with Crippen LogP contribution in [0.25, 0.3) is 0 Å². The van der Waals surface area contributed by atoms with Gasteiger partial charge in [0.05, 0.1) is 0 Å². The standard InChI is InChI=1S/C10H15NO3S/c1-3-9(2)10-4-6-11(7-5-10)8-15(12,13)14/h4-7,9H,3,8H2,1-2H3/p+1. The van der Waals surface area contributed by atoms with E-state index in [0.717, 1.165) is 6.42 Å². The average molecular weight is 230 g/mol. The molecule has 0 aliphatic carbocycles. The molecular weight excluding hydrogens is 214 g/mol. The molecule has 0 aliphatic rings. The van der Waals surface area contributed by atoms with E-state index in [1.54, 1.807) is 12.4 Å². The lowest BCUT2D eigenvalue weighted by molar-refractivity contribution is -0.678. The van der Waals surface area contributed by atoms with Crippen molar-refractivity contribution in [1.29, 1.82) is 0 Å². The molecule has 1 atom stereocenters. The Labute approximate surface area is 90.3 Å². The van der Waals surface area contributed by atoms with Crippen molar-refractivity contribution in [2.24, 2.45) is 0 Å². The van der Waals surface area contributed by atoms with Gasteiger partial charge in [0.1, 0.15) is 0 Å². The van der Waals surface area contributed by atoms with E-state index in [1.165, 1.54) is 10.1 Å². The fourth-order valence-electron chi connectivity index (χ4n) is 1.31. The van der Waals surface area contributed by atoms with Crippen molar-refractivity contribution in [3.8, 4) is 0 Å². The van der Waals surface area contributed by atoms with Crippen molar-refractivity contribution in [3.63, 3.8) is 0 Å². The van der Waals surface area contributed by atoms with Crippen molar-refractivity contribution in [3.05, 3.63) is 30.1 Å². The minimum Gasteiger partial charge on any atom is -0.281 e. The second-order valence-electron chi connectivity index (χ2n) is 3.67. The highest BCUT2D eigenvalue weighted by molar-refractivity contribution is 7.84. The molecule has 1 heterocycles. The maximum absolute atomic E-state index is 10.6. The second kappa shape index (κ2) is 4.72. The Balaban J connectivity index is 2.81. The van der Waals surface area contributed by atoms with E-state index >= 15 is 0 Å². The van der Waals surface area contributed by atoms with Crippen molar-refractivity contribution in [1.82, 2.24) is 0 Å². The molecule has 4 nitrogen and oxygen atoms in total. The highest BCUT2D eigenvalue weighted by Gasteiger charge is 2.13. The summed E-state index contributed by atoms with van der Waals surface area (Å²) in [4.78, 5) is 0. The minimum atomic E-state index is -3.95. The molecule has 0 amide bonds. The van der Waals surface area contributed by atoms with Gasteiger partial charge in [-0.2, -0.15) is 13.0 Å². The lowest BCUT2D eigenvalue weighted by Crippen LogP contribution is -2.36. The fourth-order valence-corrected chi connectivity index (χ4v) is 1.86. The van der Waals surface area contributed by atoms with E-state index in [2.05, 4.69) is 13.8 Å². The van der Waals surface area contributed by atoms with E-state index < -0.39 is 16.0 Å². The van der Waals surface area contributed by atoms with Crippen LogP contribution in [0.4, 0.5) is 0 Å². The molecule has 1 aromatic rings. The van der Waals surface area contributed by atoms with Crippen LogP contribution in [0.5, 0.6) is 0 Å². The zero-order valence-electron chi connectivity index (χ0n) is 8.92. The molecule has 0 saturated carbocycles. The molecule has 1 unspecified atom stereocenters. The van der Waals surface area contributed by atoms with Crippen molar-refractivity contribution < 1.29 is 17.5 Å². The molecule has 0 bridgehead atoms. The largest absolute Gasteiger partial charge is 0.326 e. The summed E-state index contributed by atoms with van der Waals surface area (Å²) >= 11 is 0. The number of rotatable bonds is 4. The Bertz CT molecular complexity index is 411. The number of hydrogen-bond donors (Lipinski definition) is 1. The lowest BCUT2D eigenvalue weighted by Gasteiger charge is -2.06. The van der Waals surface area contributed by atoms with Gasteiger partial charge in [-0.05, 0) is 17.9 Å². The topological polar surface area (TPSA) is 58.2 Å². The van der Waals surface area contributed by atoms with Gasteiger partial charge in [0.15, 0.2) is 12.4 Å². The predicted molar refractivity (Wildman–Crippen MR) is 56.9 cm³/mol. The van der Waals surface area contributed by atoms with E-state index in [4.69, 9.17) is 4.55 Å². The van der Waals surface area contributed by atoms with Crippen LogP contribution in [0, 0.1) is 0 Å². The van der Waals surface area contributed by atoms with Gasteiger partial charge in [0.2, 0.25) is 0 Å². The quantitative estimate of drug-likeness (QED) is 0.627. The van der Waals surface area contributed by atoms with Gasteiger partial charge in [-0.25, -0.2) is 0 Å². The van der Waals surface area contributed by atoms with Crippen molar-refractivity contribution in [2.45, 2.75) is 32.1 Å². The molecule has 0 saturated heterocycles. The summed E-state index contributed by atoms with van der Waals surface area (Å²) < 4.78 is 31.3. The van der Waals surface area contributed by atoms with Gasteiger partial charge >= 0.3 is 10.1 Å². The minimum absolute atomic E-state index is 0.395. The summed E-state index contributed by atoms with van der Waals surface area (Å²) in [7, 11) is -3.95.